The third-order valence-corrected chi connectivity index (χ3v) is 5.02. The molecule has 2 nitrogen and oxygen atoms in total. The van der Waals surface area contributed by atoms with Crippen LogP contribution in [0.5, 0.6) is 0 Å². The van der Waals surface area contributed by atoms with E-state index < -0.39 is 0 Å². The summed E-state index contributed by atoms with van der Waals surface area (Å²) in [5.74, 6) is 0.847. The average Bonchev–Trinajstić information content (AvgIpc) is 2.78. The molecule has 18 heavy (non-hydrogen) atoms. The minimum absolute atomic E-state index is 0.438. The van der Waals surface area contributed by atoms with Gasteiger partial charge in [0.1, 0.15) is 0 Å². The lowest BCUT2D eigenvalue weighted by molar-refractivity contribution is 0.155. The van der Waals surface area contributed by atoms with Crippen LogP contribution >= 0.6 is 0 Å². The van der Waals surface area contributed by atoms with Gasteiger partial charge < -0.3 is 5.73 Å². The Morgan fingerprint density at radius 1 is 1.22 bits per heavy atom. The fourth-order valence-corrected chi connectivity index (χ4v) is 3.99. The van der Waals surface area contributed by atoms with Gasteiger partial charge in [-0.05, 0) is 36.3 Å². The summed E-state index contributed by atoms with van der Waals surface area (Å²) < 4.78 is 0. The molecule has 1 heterocycles. The largest absolute Gasteiger partial charge is 0.330 e. The Bertz CT molecular complexity index is 389. The zero-order valence-electron chi connectivity index (χ0n) is 11.1. The molecule has 1 saturated carbocycles. The van der Waals surface area contributed by atoms with E-state index in [0.29, 0.717) is 5.41 Å². The quantitative estimate of drug-likeness (QED) is 0.885. The molecule has 1 aliphatic carbocycles. The second-order valence-electron chi connectivity index (χ2n) is 6.16. The molecule has 0 bridgehead atoms. The third-order valence-electron chi connectivity index (χ3n) is 5.02. The van der Waals surface area contributed by atoms with Crippen LogP contribution < -0.4 is 5.73 Å². The Hall–Kier alpha value is -0.860. The smallest absolute Gasteiger partial charge is 0.0234 e. The minimum atomic E-state index is 0.438. The maximum absolute atomic E-state index is 6.11. The van der Waals surface area contributed by atoms with Crippen molar-refractivity contribution in [1.29, 1.82) is 0 Å². The lowest BCUT2D eigenvalue weighted by Gasteiger charge is -2.37. The van der Waals surface area contributed by atoms with Crippen LogP contribution in [0.25, 0.3) is 0 Å². The van der Waals surface area contributed by atoms with Crippen LogP contribution in [0.2, 0.25) is 0 Å². The fraction of sp³-hybridized carbons (Fsp3) is 0.625. The van der Waals surface area contributed by atoms with Gasteiger partial charge in [-0.1, -0.05) is 43.2 Å². The molecule has 2 atom stereocenters. The van der Waals surface area contributed by atoms with Crippen LogP contribution in [-0.4, -0.2) is 24.5 Å². The van der Waals surface area contributed by atoms with Gasteiger partial charge in [-0.25, -0.2) is 0 Å². The van der Waals surface area contributed by atoms with E-state index in [-0.39, 0.29) is 0 Å². The van der Waals surface area contributed by atoms with Crippen LogP contribution in [0, 0.1) is 11.3 Å². The van der Waals surface area contributed by atoms with E-state index in [2.05, 4.69) is 35.2 Å². The summed E-state index contributed by atoms with van der Waals surface area (Å²) in [4.78, 5) is 2.62. The van der Waals surface area contributed by atoms with Gasteiger partial charge in [0.05, 0.1) is 0 Å². The summed E-state index contributed by atoms with van der Waals surface area (Å²) in [7, 11) is 0. The van der Waals surface area contributed by atoms with Crippen LogP contribution in [0.15, 0.2) is 30.3 Å². The van der Waals surface area contributed by atoms with Gasteiger partial charge in [-0.2, -0.15) is 0 Å². The standard InChI is InChI=1S/C16H24N2/c17-12-16-9-5-4-8-15(16)11-18(13-16)10-14-6-2-1-3-7-14/h1-3,6-7,15H,4-5,8-13,17H2/t15-,16-/m0/s1. The number of rotatable bonds is 3. The van der Waals surface area contributed by atoms with Crippen molar-refractivity contribution in [2.75, 3.05) is 19.6 Å². The molecule has 1 aromatic carbocycles. The minimum Gasteiger partial charge on any atom is -0.330 e. The van der Waals surface area contributed by atoms with Crippen molar-refractivity contribution in [1.82, 2.24) is 4.90 Å². The molecule has 0 unspecified atom stereocenters. The Balaban J connectivity index is 1.70. The normalized spacial score (nSPS) is 32.4. The zero-order valence-corrected chi connectivity index (χ0v) is 11.1. The summed E-state index contributed by atoms with van der Waals surface area (Å²) in [6.07, 6.45) is 5.53. The van der Waals surface area contributed by atoms with Crippen molar-refractivity contribution in [3.63, 3.8) is 0 Å². The topological polar surface area (TPSA) is 29.3 Å². The fourth-order valence-electron chi connectivity index (χ4n) is 3.99. The molecular formula is C16H24N2. The summed E-state index contributed by atoms with van der Waals surface area (Å²) in [5.41, 5.74) is 7.98. The van der Waals surface area contributed by atoms with Crippen molar-refractivity contribution < 1.29 is 0 Å². The monoisotopic (exact) mass is 244 g/mol. The van der Waals surface area contributed by atoms with Gasteiger partial charge in [-0.15, -0.1) is 0 Å². The zero-order chi connectivity index (χ0) is 12.4. The molecule has 0 aromatic heterocycles. The number of hydrogen-bond acceptors (Lipinski definition) is 2. The summed E-state index contributed by atoms with van der Waals surface area (Å²) in [5, 5.41) is 0. The second-order valence-corrected chi connectivity index (χ2v) is 6.16. The first-order valence-corrected chi connectivity index (χ1v) is 7.29. The lowest BCUT2D eigenvalue weighted by atomic mass is 9.68. The maximum atomic E-state index is 6.11. The Morgan fingerprint density at radius 3 is 2.78 bits per heavy atom. The van der Waals surface area contributed by atoms with Crippen LogP contribution in [-0.2, 0) is 6.54 Å². The Labute approximate surface area is 110 Å². The van der Waals surface area contributed by atoms with Gasteiger partial charge in [0.25, 0.3) is 0 Å². The van der Waals surface area contributed by atoms with Gasteiger partial charge in [0, 0.05) is 19.6 Å². The molecule has 2 N–H and O–H groups in total. The van der Waals surface area contributed by atoms with E-state index >= 15 is 0 Å². The molecule has 1 saturated heterocycles. The molecule has 0 spiro atoms. The van der Waals surface area contributed by atoms with E-state index in [4.69, 9.17) is 5.73 Å². The van der Waals surface area contributed by atoms with Crippen LogP contribution in [0.4, 0.5) is 0 Å². The van der Waals surface area contributed by atoms with E-state index in [1.54, 1.807) is 0 Å². The van der Waals surface area contributed by atoms with Gasteiger partial charge in [0.2, 0.25) is 0 Å². The number of nitrogens with two attached hydrogens (primary N) is 1. The number of hydrogen-bond donors (Lipinski definition) is 1. The molecule has 98 valence electrons. The Kier molecular flexibility index (Phi) is 3.40. The van der Waals surface area contributed by atoms with Crippen molar-refractivity contribution in [3.05, 3.63) is 35.9 Å². The van der Waals surface area contributed by atoms with Gasteiger partial charge in [-0.3, -0.25) is 4.90 Å². The predicted octanol–water partition coefficient (Wildman–Crippen LogP) is 2.64. The average molecular weight is 244 g/mol. The Morgan fingerprint density at radius 2 is 2.06 bits per heavy atom. The number of fused-ring (bicyclic) bond motifs is 1. The first-order chi connectivity index (χ1) is 8.82. The highest BCUT2D eigenvalue weighted by molar-refractivity contribution is 5.15. The van der Waals surface area contributed by atoms with Crippen molar-refractivity contribution in [3.8, 4) is 0 Å². The number of likely N-dealkylation sites (tertiary alicyclic amines) is 1. The number of benzene rings is 1. The highest BCUT2D eigenvalue weighted by Crippen LogP contribution is 2.46. The second kappa shape index (κ2) is 5.02. The van der Waals surface area contributed by atoms with Gasteiger partial charge >= 0.3 is 0 Å². The predicted molar refractivity (Wildman–Crippen MR) is 75.2 cm³/mol. The molecule has 2 heteroatoms. The molecule has 1 aromatic rings. The summed E-state index contributed by atoms with van der Waals surface area (Å²) >= 11 is 0. The molecule has 2 fully saturated rings. The van der Waals surface area contributed by atoms with Crippen molar-refractivity contribution in [2.45, 2.75) is 32.2 Å². The molecule has 0 radical (unpaired) electrons. The van der Waals surface area contributed by atoms with Crippen LogP contribution in [0.1, 0.15) is 31.2 Å². The molecular weight excluding hydrogens is 220 g/mol. The first-order valence-electron chi connectivity index (χ1n) is 7.29. The molecule has 1 aliphatic heterocycles. The first kappa shape index (κ1) is 12.2. The van der Waals surface area contributed by atoms with E-state index in [0.717, 1.165) is 19.0 Å². The molecule has 2 aliphatic rings. The summed E-state index contributed by atoms with van der Waals surface area (Å²) in [6.45, 7) is 4.44. The van der Waals surface area contributed by atoms with Crippen LogP contribution in [0.3, 0.4) is 0 Å². The highest BCUT2D eigenvalue weighted by atomic mass is 15.2. The summed E-state index contributed by atoms with van der Waals surface area (Å²) in [6, 6.07) is 10.8. The van der Waals surface area contributed by atoms with E-state index in [9.17, 15) is 0 Å². The maximum Gasteiger partial charge on any atom is 0.0234 e. The molecule has 3 rings (SSSR count). The number of nitrogens with zero attached hydrogens (tertiary/aromatic N) is 1. The van der Waals surface area contributed by atoms with E-state index in [1.165, 1.54) is 44.3 Å². The molecule has 0 amide bonds. The van der Waals surface area contributed by atoms with Gasteiger partial charge in [0.15, 0.2) is 0 Å². The third kappa shape index (κ3) is 2.19. The highest BCUT2D eigenvalue weighted by Gasteiger charge is 2.46. The van der Waals surface area contributed by atoms with Crippen molar-refractivity contribution >= 4 is 0 Å². The van der Waals surface area contributed by atoms with Crippen molar-refractivity contribution in [2.24, 2.45) is 17.1 Å². The SMILES string of the molecule is NC[C@]12CCCC[C@H]1CN(Cc1ccccc1)C2. The van der Waals surface area contributed by atoms with E-state index in [1.807, 2.05) is 0 Å². The lowest BCUT2D eigenvalue weighted by Crippen LogP contribution is -2.40.